The van der Waals surface area contributed by atoms with Gasteiger partial charge in [-0.1, -0.05) is 78.1 Å². The second-order valence-electron chi connectivity index (χ2n) is 11.5. The van der Waals surface area contributed by atoms with Gasteiger partial charge < -0.3 is 4.90 Å². The minimum Gasteiger partial charge on any atom is -0.303 e. The highest BCUT2D eigenvalue weighted by molar-refractivity contribution is 5.15. The Morgan fingerprint density at radius 2 is 0.609 bits per heavy atom. The number of halogens is 17. The number of alkyl halides is 17. The first-order chi connectivity index (χ1) is 20.7. The lowest BCUT2D eigenvalue weighted by Gasteiger charge is -2.42. The highest BCUT2D eigenvalue weighted by Gasteiger charge is 2.95. The predicted octanol–water partition coefficient (Wildman–Crippen LogP) is 12.2. The molecule has 0 N–H and O–H groups in total. The largest absolute Gasteiger partial charge is 0.460 e. The van der Waals surface area contributed by atoms with E-state index >= 15 is 0 Å². The third kappa shape index (κ3) is 10.1. The third-order valence-corrected chi connectivity index (χ3v) is 7.66. The van der Waals surface area contributed by atoms with Crippen LogP contribution in [-0.2, 0) is 0 Å². The predicted molar refractivity (Wildman–Crippen MR) is 138 cm³/mol. The molecule has 0 unspecified atom stereocenters. The quantitative estimate of drug-likeness (QED) is 0.0672. The van der Waals surface area contributed by atoms with Crippen molar-refractivity contribution in [2.75, 3.05) is 19.6 Å². The topological polar surface area (TPSA) is 3.24 Å². The number of unbranched alkanes of at least 4 members (excludes halogenated alkanes) is 11. The van der Waals surface area contributed by atoms with Crippen molar-refractivity contribution in [2.45, 2.75) is 158 Å². The van der Waals surface area contributed by atoms with E-state index in [0.717, 1.165) is 64.2 Å². The average molecular weight is 716 g/mol. The van der Waals surface area contributed by atoms with Gasteiger partial charge in [-0.05, 0) is 45.3 Å². The van der Waals surface area contributed by atoms with E-state index in [1.165, 1.54) is 0 Å². The lowest BCUT2D eigenvalue weighted by Crippen LogP contribution is -2.74. The Kier molecular flexibility index (Phi) is 17.0. The summed E-state index contributed by atoms with van der Waals surface area (Å²) in [6.07, 6.45) is -0.750. The molecule has 278 valence electrons. The number of rotatable bonds is 25. The summed E-state index contributed by atoms with van der Waals surface area (Å²) in [4.78, 5) is 1.79. The molecule has 0 aromatic rings. The molecule has 0 aliphatic rings. The summed E-state index contributed by atoms with van der Waals surface area (Å²) in [5, 5.41) is 0. The summed E-state index contributed by atoms with van der Waals surface area (Å²) >= 11 is 0. The normalized spacial score (nSPS) is 14.9. The Morgan fingerprint density at radius 1 is 0.326 bits per heavy atom. The summed E-state index contributed by atoms with van der Waals surface area (Å²) in [5.74, 6) is -55.8. The van der Waals surface area contributed by atoms with E-state index in [1.54, 1.807) is 4.90 Å². The van der Waals surface area contributed by atoms with Gasteiger partial charge in [-0.3, -0.25) is 0 Å². The van der Waals surface area contributed by atoms with Crippen LogP contribution in [0.2, 0.25) is 0 Å². The molecular weight excluding hydrogens is 673 g/mol. The summed E-state index contributed by atoms with van der Waals surface area (Å²) in [5.41, 5.74) is 0. The zero-order valence-electron chi connectivity index (χ0n) is 25.6. The summed E-state index contributed by atoms with van der Waals surface area (Å²) in [6, 6.07) is 0. The molecule has 0 aromatic carbocycles. The fourth-order valence-electron chi connectivity index (χ4n) is 4.60. The second-order valence-corrected chi connectivity index (χ2v) is 11.5. The summed E-state index contributed by atoms with van der Waals surface area (Å²) in [6.45, 7) is 4.92. The lowest BCUT2D eigenvalue weighted by atomic mass is 9.88. The second kappa shape index (κ2) is 17.4. The van der Waals surface area contributed by atoms with Crippen LogP contribution in [0.1, 0.15) is 110 Å². The maximum atomic E-state index is 14.2. The van der Waals surface area contributed by atoms with Crippen molar-refractivity contribution in [3.8, 4) is 0 Å². The van der Waals surface area contributed by atoms with Gasteiger partial charge in [0.15, 0.2) is 0 Å². The van der Waals surface area contributed by atoms with Crippen LogP contribution >= 0.6 is 0 Å². The zero-order chi connectivity index (χ0) is 36.3. The average Bonchev–Trinajstić information content (AvgIpc) is 2.92. The molecule has 0 spiro atoms. The highest BCUT2D eigenvalue weighted by atomic mass is 19.4. The molecule has 0 aliphatic heterocycles. The van der Waals surface area contributed by atoms with Crippen LogP contribution in [0.5, 0.6) is 0 Å². The van der Waals surface area contributed by atoms with Crippen molar-refractivity contribution in [2.24, 2.45) is 0 Å². The fraction of sp³-hybridized carbons (Fsp3) is 1.00. The Labute approximate surface area is 257 Å². The number of hydrogen-bond donors (Lipinski definition) is 0. The fourth-order valence-corrected chi connectivity index (χ4v) is 4.60. The van der Waals surface area contributed by atoms with Crippen LogP contribution in [0.25, 0.3) is 0 Å². The molecule has 0 fully saturated rings. The standard InChI is InChI=1S/C28H42F17N/c1-3-5-7-9-11-14-18-46(19-15-12-10-8-6-4-2)20-16-13-17-21(29,30)22(31,32)23(33,34)24(35,36)25(37,38)26(39,40)27(41,42)28(43,44)45/h3-20H2,1-2H3. The van der Waals surface area contributed by atoms with E-state index in [9.17, 15) is 74.6 Å². The van der Waals surface area contributed by atoms with Gasteiger partial charge in [0.05, 0.1) is 0 Å². The minimum atomic E-state index is -8.59. The minimum absolute atomic E-state index is 0.0328. The van der Waals surface area contributed by atoms with Gasteiger partial charge in [0, 0.05) is 6.42 Å². The monoisotopic (exact) mass is 715 g/mol. The highest BCUT2D eigenvalue weighted by Crippen LogP contribution is 2.64. The first kappa shape index (κ1) is 44.8. The number of nitrogens with zero attached hydrogens (tertiary/aromatic N) is 1. The van der Waals surface area contributed by atoms with E-state index in [0.29, 0.717) is 25.9 Å². The first-order valence-electron chi connectivity index (χ1n) is 15.2. The molecular formula is C28H42F17N. The van der Waals surface area contributed by atoms with Gasteiger partial charge in [0.25, 0.3) is 0 Å². The maximum absolute atomic E-state index is 14.2. The smallest absolute Gasteiger partial charge is 0.303 e. The van der Waals surface area contributed by atoms with Crippen molar-refractivity contribution in [1.82, 2.24) is 4.90 Å². The zero-order valence-corrected chi connectivity index (χ0v) is 25.6. The van der Waals surface area contributed by atoms with E-state index < -0.39 is 66.9 Å². The summed E-state index contributed by atoms with van der Waals surface area (Å²) < 4.78 is 229. The Bertz CT molecular complexity index is 839. The molecule has 0 heterocycles. The van der Waals surface area contributed by atoms with Gasteiger partial charge >= 0.3 is 47.6 Å². The lowest BCUT2D eigenvalue weighted by molar-refractivity contribution is -0.461. The van der Waals surface area contributed by atoms with Gasteiger partial charge in [0.2, 0.25) is 0 Å². The Morgan fingerprint density at radius 3 is 0.957 bits per heavy atom. The maximum Gasteiger partial charge on any atom is 0.460 e. The van der Waals surface area contributed by atoms with E-state index in [-0.39, 0.29) is 6.54 Å². The molecule has 0 aromatic heterocycles. The van der Waals surface area contributed by atoms with E-state index in [1.807, 2.05) is 13.8 Å². The molecule has 0 bridgehead atoms. The Hall–Kier alpha value is -1.23. The molecule has 0 saturated heterocycles. The number of hydrogen-bond acceptors (Lipinski definition) is 1. The van der Waals surface area contributed by atoms with Crippen molar-refractivity contribution < 1.29 is 74.6 Å². The molecule has 0 radical (unpaired) electrons. The van der Waals surface area contributed by atoms with Gasteiger partial charge in [-0.25, -0.2) is 0 Å². The van der Waals surface area contributed by atoms with Crippen LogP contribution < -0.4 is 0 Å². The summed E-state index contributed by atoms with van der Waals surface area (Å²) in [7, 11) is 0. The SMILES string of the molecule is CCCCCCCCN(CCCCCCCC)CCCCC(F)(F)C(F)(F)C(F)(F)C(F)(F)C(F)(F)C(F)(F)C(F)(F)C(F)(F)F. The van der Waals surface area contributed by atoms with Crippen molar-refractivity contribution in [3.63, 3.8) is 0 Å². The van der Waals surface area contributed by atoms with Gasteiger partial charge in [-0.15, -0.1) is 0 Å². The van der Waals surface area contributed by atoms with E-state index in [2.05, 4.69) is 0 Å². The third-order valence-electron chi connectivity index (χ3n) is 7.66. The van der Waals surface area contributed by atoms with Crippen LogP contribution in [0, 0.1) is 0 Å². The van der Waals surface area contributed by atoms with Crippen molar-refractivity contribution in [1.29, 1.82) is 0 Å². The molecule has 0 rings (SSSR count). The van der Waals surface area contributed by atoms with Crippen LogP contribution in [0.3, 0.4) is 0 Å². The van der Waals surface area contributed by atoms with E-state index in [4.69, 9.17) is 0 Å². The van der Waals surface area contributed by atoms with Crippen LogP contribution in [0.15, 0.2) is 0 Å². The van der Waals surface area contributed by atoms with Gasteiger partial charge in [-0.2, -0.15) is 74.6 Å². The molecule has 18 heteroatoms. The van der Waals surface area contributed by atoms with Crippen LogP contribution in [-0.4, -0.2) is 72.2 Å². The van der Waals surface area contributed by atoms with Crippen molar-refractivity contribution in [3.05, 3.63) is 0 Å². The van der Waals surface area contributed by atoms with Gasteiger partial charge in [0.1, 0.15) is 0 Å². The molecule has 1 nitrogen and oxygen atoms in total. The van der Waals surface area contributed by atoms with Crippen molar-refractivity contribution >= 4 is 0 Å². The molecule has 0 saturated carbocycles. The molecule has 0 atom stereocenters. The molecule has 46 heavy (non-hydrogen) atoms. The Balaban J connectivity index is 5.65. The molecule has 0 aliphatic carbocycles. The molecule has 0 amide bonds. The first-order valence-corrected chi connectivity index (χ1v) is 15.2. The van der Waals surface area contributed by atoms with Crippen LogP contribution in [0.4, 0.5) is 74.6 Å².